The van der Waals surface area contributed by atoms with Crippen molar-refractivity contribution in [1.82, 2.24) is 4.57 Å². The number of amides is 1. The van der Waals surface area contributed by atoms with E-state index in [9.17, 15) is 4.79 Å². The molecule has 1 N–H and O–H groups in total. The number of carbonyl (C=O) groups excluding carboxylic acids is 1. The van der Waals surface area contributed by atoms with Gasteiger partial charge in [0.2, 0.25) is 5.91 Å². The van der Waals surface area contributed by atoms with Crippen molar-refractivity contribution in [3.63, 3.8) is 0 Å². The van der Waals surface area contributed by atoms with Crippen LogP contribution < -0.4 is 5.32 Å². The fourth-order valence-electron chi connectivity index (χ4n) is 2.77. The molecule has 0 saturated heterocycles. The van der Waals surface area contributed by atoms with Gasteiger partial charge in [-0.05, 0) is 41.8 Å². The van der Waals surface area contributed by atoms with E-state index in [0.717, 1.165) is 26.6 Å². The third-order valence-electron chi connectivity index (χ3n) is 3.90. The number of aromatic nitrogens is 1. The largest absolute Gasteiger partial charge is 0.338 e. The minimum atomic E-state index is -0.0153. The van der Waals surface area contributed by atoms with E-state index in [-0.39, 0.29) is 5.91 Å². The van der Waals surface area contributed by atoms with Crippen LogP contribution >= 0.6 is 15.9 Å². The molecule has 3 nitrogen and oxygen atoms in total. The Balaban J connectivity index is 1.79. The Morgan fingerprint density at radius 3 is 2.74 bits per heavy atom. The summed E-state index contributed by atoms with van der Waals surface area (Å²) in [5.41, 5.74) is 3.11. The zero-order chi connectivity index (χ0) is 16.4. The summed E-state index contributed by atoms with van der Waals surface area (Å²) in [6.07, 6.45) is 1.95. The predicted molar refractivity (Wildman–Crippen MR) is 98.8 cm³/mol. The first-order valence-electron chi connectivity index (χ1n) is 7.68. The molecule has 0 aliphatic heterocycles. The number of hydrogen-bond donors (Lipinski definition) is 1. The van der Waals surface area contributed by atoms with Gasteiger partial charge in [0.05, 0.1) is 0 Å². The van der Waals surface area contributed by atoms with Crippen LogP contribution in [0.25, 0.3) is 10.9 Å². The van der Waals surface area contributed by atoms with E-state index in [0.29, 0.717) is 12.5 Å². The van der Waals surface area contributed by atoms with Crippen molar-refractivity contribution in [3.8, 4) is 0 Å². The van der Waals surface area contributed by atoms with Crippen LogP contribution in [0.5, 0.6) is 0 Å². The molecule has 1 heterocycles. The fraction of sp³-hybridized carbons (Fsp3) is 0.211. The highest BCUT2D eigenvalue weighted by Gasteiger charge is 2.10. The number of nitrogens with one attached hydrogen (secondary N) is 1. The summed E-state index contributed by atoms with van der Waals surface area (Å²) in [5.74, 6) is 0.356. The van der Waals surface area contributed by atoms with Crippen molar-refractivity contribution in [1.29, 1.82) is 0 Å². The number of anilines is 1. The molecule has 0 radical (unpaired) electrons. The molecule has 1 amide bonds. The number of para-hydroxylation sites is 1. The molecule has 0 saturated carbocycles. The highest BCUT2D eigenvalue weighted by atomic mass is 79.9. The van der Waals surface area contributed by atoms with Crippen molar-refractivity contribution in [2.75, 3.05) is 5.32 Å². The molecule has 0 aliphatic carbocycles. The van der Waals surface area contributed by atoms with Crippen LogP contribution in [0, 0.1) is 0 Å². The molecule has 23 heavy (non-hydrogen) atoms. The molecule has 118 valence electrons. The van der Waals surface area contributed by atoms with E-state index in [1.54, 1.807) is 0 Å². The SMILES string of the molecule is CC(C)c1ccccc1NC(=O)Cn1ccc2cc(Br)ccc21. The number of fused-ring (bicyclic) bond motifs is 1. The van der Waals surface area contributed by atoms with Crippen LogP contribution in [0.15, 0.2) is 59.2 Å². The van der Waals surface area contributed by atoms with Crippen molar-refractivity contribution >= 4 is 38.4 Å². The summed E-state index contributed by atoms with van der Waals surface area (Å²) in [6, 6.07) is 16.1. The Morgan fingerprint density at radius 1 is 1.17 bits per heavy atom. The second kappa shape index (κ2) is 6.59. The van der Waals surface area contributed by atoms with Gasteiger partial charge in [0.15, 0.2) is 0 Å². The summed E-state index contributed by atoms with van der Waals surface area (Å²) in [7, 11) is 0. The normalized spacial score (nSPS) is 11.1. The Morgan fingerprint density at radius 2 is 1.96 bits per heavy atom. The first-order chi connectivity index (χ1) is 11.0. The van der Waals surface area contributed by atoms with Gasteiger partial charge >= 0.3 is 0 Å². The van der Waals surface area contributed by atoms with E-state index < -0.39 is 0 Å². The second-order valence-corrected chi connectivity index (χ2v) is 6.85. The smallest absolute Gasteiger partial charge is 0.244 e. The summed E-state index contributed by atoms with van der Waals surface area (Å²) in [6.45, 7) is 4.56. The summed E-state index contributed by atoms with van der Waals surface area (Å²) in [4.78, 5) is 12.4. The summed E-state index contributed by atoms with van der Waals surface area (Å²) < 4.78 is 3.01. The molecule has 0 bridgehead atoms. The van der Waals surface area contributed by atoms with Crippen LogP contribution in [-0.4, -0.2) is 10.5 Å². The number of benzene rings is 2. The van der Waals surface area contributed by atoms with Crippen LogP contribution in [-0.2, 0) is 11.3 Å². The summed E-state index contributed by atoms with van der Waals surface area (Å²) >= 11 is 3.47. The molecule has 0 fully saturated rings. The van der Waals surface area contributed by atoms with Gasteiger partial charge in [-0.25, -0.2) is 0 Å². The average Bonchev–Trinajstić information content (AvgIpc) is 2.89. The monoisotopic (exact) mass is 370 g/mol. The highest BCUT2D eigenvalue weighted by Crippen LogP contribution is 2.24. The average molecular weight is 371 g/mol. The van der Waals surface area contributed by atoms with E-state index in [2.05, 4.69) is 47.2 Å². The summed E-state index contributed by atoms with van der Waals surface area (Å²) in [5, 5.41) is 4.16. The van der Waals surface area contributed by atoms with Crippen molar-refractivity contribution < 1.29 is 4.79 Å². The lowest BCUT2D eigenvalue weighted by molar-refractivity contribution is -0.116. The number of nitrogens with zero attached hydrogens (tertiary/aromatic N) is 1. The maximum atomic E-state index is 12.4. The lowest BCUT2D eigenvalue weighted by Crippen LogP contribution is -2.19. The first kappa shape index (κ1) is 15.8. The quantitative estimate of drug-likeness (QED) is 0.675. The van der Waals surface area contributed by atoms with Gasteiger partial charge in [-0.15, -0.1) is 0 Å². The van der Waals surface area contributed by atoms with Gasteiger partial charge in [-0.3, -0.25) is 4.79 Å². The second-order valence-electron chi connectivity index (χ2n) is 5.94. The lowest BCUT2D eigenvalue weighted by atomic mass is 10.0. The topological polar surface area (TPSA) is 34.0 Å². The third kappa shape index (κ3) is 3.48. The minimum absolute atomic E-state index is 0.0153. The highest BCUT2D eigenvalue weighted by molar-refractivity contribution is 9.10. The molecule has 3 rings (SSSR count). The van der Waals surface area contributed by atoms with Crippen LogP contribution in [0.3, 0.4) is 0 Å². The number of carbonyl (C=O) groups is 1. The maximum Gasteiger partial charge on any atom is 0.244 e. The van der Waals surface area contributed by atoms with Crippen LogP contribution in [0.4, 0.5) is 5.69 Å². The lowest BCUT2D eigenvalue weighted by Gasteiger charge is -2.14. The molecule has 0 atom stereocenters. The number of hydrogen-bond acceptors (Lipinski definition) is 1. The fourth-order valence-corrected chi connectivity index (χ4v) is 3.15. The van der Waals surface area contributed by atoms with Gasteiger partial charge in [0.25, 0.3) is 0 Å². The van der Waals surface area contributed by atoms with Crippen molar-refractivity contribution in [2.24, 2.45) is 0 Å². The first-order valence-corrected chi connectivity index (χ1v) is 8.47. The zero-order valence-electron chi connectivity index (χ0n) is 13.2. The molecule has 2 aromatic carbocycles. The minimum Gasteiger partial charge on any atom is -0.338 e. The van der Waals surface area contributed by atoms with Crippen molar-refractivity contribution in [3.05, 3.63) is 64.8 Å². The molecule has 4 heteroatoms. The van der Waals surface area contributed by atoms with E-state index in [1.165, 1.54) is 0 Å². The van der Waals surface area contributed by atoms with Crippen LogP contribution in [0.2, 0.25) is 0 Å². The number of halogens is 1. The molecule has 0 aliphatic rings. The van der Waals surface area contributed by atoms with E-state index in [1.807, 2.05) is 47.2 Å². The predicted octanol–water partition coefficient (Wildman–Crippen LogP) is 5.17. The Bertz CT molecular complexity index is 851. The van der Waals surface area contributed by atoms with Gasteiger partial charge in [0, 0.05) is 27.3 Å². The van der Waals surface area contributed by atoms with Gasteiger partial charge in [-0.2, -0.15) is 0 Å². The Labute approximate surface area is 144 Å². The molecular weight excluding hydrogens is 352 g/mol. The van der Waals surface area contributed by atoms with Gasteiger partial charge < -0.3 is 9.88 Å². The molecule has 0 spiro atoms. The third-order valence-corrected chi connectivity index (χ3v) is 4.40. The Kier molecular flexibility index (Phi) is 4.53. The van der Waals surface area contributed by atoms with Crippen molar-refractivity contribution in [2.45, 2.75) is 26.3 Å². The van der Waals surface area contributed by atoms with E-state index in [4.69, 9.17) is 0 Å². The molecule has 1 aromatic heterocycles. The van der Waals surface area contributed by atoms with Gasteiger partial charge in [-0.1, -0.05) is 48.0 Å². The van der Waals surface area contributed by atoms with Gasteiger partial charge in [0.1, 0.15) is 6.54 Å². The van der Waals surface area contributed by atoms with E-state index >= 15 is 0 Å². The van der Waals surface area contributed by atoms with Crippen LogP contribution in [0.1, 0.15) is 25.3 Å². The molecular formula is C19H19BrN2O. The Hall–Kier alpha value is -2.07. The zero-order valence-corrected chi connectivity index (χ0v) is 14.8. The maximum absolute atomic E-state index is 12.4. The molecule has 0 unspecified atom stereocenters. The standard InChI is InChI=1S/C19H19BrN2O/c1-13(2)16-5-3-4-6-17(16)21-19(23)12-22-10-9-14-11-15(20)7-8-18(14)22/h3-11,13H,12H2,1-2H3,(H,21,23). The number of rotatable bonds is 4. The molecule has 3 aromatic rings.